The van der Waals surface area contributed by atoms with E-state index in [4.69, 9.17) is 27.9 Å². The van der Waals surface area contributed by atoms with Crippen molar-refractivity contribution in [1.82, 2.24) is 10.2 Å². The first-order valence-electron chi connectivity index (χ1n) is 13.7. The van der Waals surface area contributed by atoms with Crippen LogP contribution in [0.4, 0.5) is 5.69 Å². The van der Waals surface area contributed by atoms with Crippen molar-refractivity contribution in [3.8, 4) is 5.75 Å². The number of ether oxygens (including phenoxy) is 1. The molecule has 42 heavy (non-hydrogen) atoms. The van der Waals surface area contributed by atoms with Crippen LogP contribution in [0.5, 0.6) is 5.75 Å². The highest BCUT2D eigenvalue weighted by Crippen LogP contribution is 2.33. The number of methoxy groups -OCH3 is 1. The Morgan fingerprint density at radius 2 is 1.64 bits per heavy atom. The van der Waals surface area contributed by atoms with Gasteiger partial charge in [-0.25, -0.2) is 8.42 Å². The van der Waals surface area contributed by atoms with E-state index in [2.05, 4.69) is 5.32 Å². The number of hydrogen-bond acceptors (Lipinski definition) is 5. The van der Waals surface area contributed by atoms with Crippen LogP contribution in [0.2, 0.25) is 10.0 Å². The molecule has 2 atom stereocenters. The Kier molecular flexibility index (Phi) is 11.7. The number of sulfonamides is 1. The lowest BCUT2D eigenvalue weighted by molar-refractivity contribution is -0.140. The average Bonchev–Trinajstić information content (AvgIpc) is 2.96. The molecular formula is C31H37Cl2N3O5S. The molecule has 0 aromatic heterocycles. The van der Waals surface area contributed by atoms with Gasteiger partial charge in [-0.15, -0.1) is 0 Å². The van der Waals surface area contributed by atoms with Gasteiger partial charge >= 0.3 is 0 Å². The van der Waals surface area contributed by atoms with Crippen LogP contribution in [0.15, 0.2) is 71.6 Å². The van der Waals surface area contributed by atoms with Crippen molar-refractivity contribution < 1.29 is 22.7 Å². The summed E-state index contributed by atoms with van der Waals surface area (Å²) in [5, 5.41) is 3.70. The Hall–Kier alpha value is -3.27. The normalized spacial score (nSPS) is 12.7. The van der Waals surface area contributed by atoms with Gasteiger partial charge in [0.1, 0.15) is 18.3 Å². The number of hydrogen-bond donors (Lipinski definition) is 1. The number of amides is 2. The Morgan fingerprint density at radius 1 is 0.976 bits per heavy atom. The quantitative estimate of drug-likeness (QED) is 0.241. The van der Waals surface area contributed by atoms with Gasteiger partial charge in [-0.1, -0.05) is 72.9 Å². The lowest BCUT2D eigenvalue weighted by Gasteiger charge is -2.34. The van der Waals surface area contributed by atoms with Gasteiger partial charge in [-0.05, 0) is 68.7 Å². The van der Waals surface area contributed by atoms with E-state index in [1.54, 1.807) is 61.5 Å². The van der Waals surface area contributed by atoms with Crippen molar-refractivity contribution in [3.63, 3.8) is 0 Å². The second-order valence-electron chi connectivity index (χ2n) is 10.00. The van der Waals surface area contributed by atoms with E-state index in [0.717, 1.165) is 9.87 Å². The Labute approximate surface area is 258 Å². The summed E-state index contributed by atoms with van der Waals surface area (Å²) in [5.41, 5.74) is 1.64. The molecule has 226 valence electrons. The minimum Gasteiger partial charge on any atom is -0.495 e. The molecule has 3 aromatic rings. The van der Waals surface area contributed by atoms with Gasteiger partial charge in [0.2, 0.25) is 11.8 Å². The predicted molar refractivity (Wildman–Crippen MR) is 168 cm³/mol. The van der Waals surface area contributed by atoms with Crippen LogP contribution >= 0.6 is 23.2 Å². The van der Waals surface area contributed by atoms with Gasteiger partial charge in [0.25, 0.3) is 10.0 Å². The SMILES string of the molecule is CC[C@H](C)NC(=O)[C@H](CC)N(Cc1ccc(Cl)cc1Cl)C(=O)CN(c1ccccc1OC)S(=O)(=O)c1ccc(C)cc1. The molecule has 0 saturated heterocycles. The number of anilines is 1. The molecule has 0 unspecified atom stereocenters. The summed E-state index contributed by atoms with van der Waals surface area (Å²) >= 11 is 12.6. The zero-order valence-electron chi connectivity index (χ0n) is 24.4. The number of nitrogens with one attached hydrogen (secondary N) is 1. The van der Waals surface area contributed by atoms with Crippen molar-refractivity contribution >= 4 is 50.7 Å². The van der Waals surface area contributed by atoms with Crippen LogP contribution in [0.1, 0.15) is 44.7 Å². The van der Waals surface area contributed by atoms with Gasteiger partial charge in [-0.2, -0.15) is 0 Å². The van der Waals surface area contributed by atoms with E-state index in [9.17, 15) is 18.0 Å². The minimum atomic E-state index is -4.23. The van der Waals surface area contributed by atoms with Gasteiger partial charge < -0.3 is 15.0 Å². The van der Waals surface area contributed by atoms with Gasteiger partial charge in [0.05, 0.1) is 17.7 Å². The standard InChI is InChI=1S/C31H37Cl2N3O5S/c1-6-22(4)34-31(38)27(7-2)35(19-23-14-15-24(32)18-26(23)33)30(37)20-36(28-10-8-9-11-29(28)41-5)42(39,40)25-16-12-21(3)13-17-25/h8-18,22,27H,6-7,19-20H2,1-5H3,(H,34,38)/t22-,27-/m0/s1. The number of rotatable bonds is 13. The lowest BCUT2D eigenvalue weighted by Crippen LogP contribution is -2.53. The van der Waals surface area contributed by atoms with E-state index in [-0.39, 0.29) is 34.8 Å². The zero-order chi connectivity index (χ0) is 31.0. The molecule has 0 spiro atoms. The fraction of sp³-hybridized carbons (Fsp3) is 0.355. The molecule has 2 amide bonds. The molecule has 3 aromatic carbocycles. The fourth-order valence-corrected chi connectivity index (χ4v) is 6.27. The highest BCUT2D eigenvalue weighted by molar-refractivity contribution is 7.92. The molecule has 8 nitrogen and oxygen atoms in total. The van der Waals surface area contributed by atoms with Crippen molar-refractivity contribution in [3.05, 3.63) is 87.9 Å². The van der Waals surface area contributed by atoms with Gasteiger partial charge in [0, 0.05) is 22.6 Å². The lowest BCUT2D eigenvalue weighted by atomic mass is 10.1. The van der Waals surface area contributed by atoms with Crippen molar-refractivity contribution in [2.45, 2.75) is 64.1 Å². The number of aryl methyl sites for hydroxylation is 1. The summed E-state index contributed by atoms with van der Waals surface area (Å²) in [6, 6.07) is 16.8. The largest absolute Gasteiger partial charge is 0.495 e. The van der Waals surface area contributed by atoms with E-state index < -0.39 is 28.5 Å². The van der Waals surface area contributed by atoms with Crippen LogP contribution < -0.4 is 14.4 Å². The summed E-state index contributed by atoms with van der Waals surface area (Å²) < 4.78 is 34.6. The molecule has 0 heterocycles. The number of carbonyl (C=O) groups is 2. The summed E-state index contributed by atoms with van der Waals surface area (Å²) in [5.74, 6) is -0.654. The van der Waals surface area contributed by atoms with E-state index in [0.29, 0.717) is 28.5 Å². The number of para-hydroxylation sites is 2. The van der Waals surface area contributed by atoms with Gasteiger partial charge in [0.15, 0.2) is 0 Å². The molecule has 0 fully saturated rings. The molecule has 0 saturated carbocycles. The molecular weight excluding hydrogens is 597 g/mol. The first kappa shape index (κ1) is 33.2. The third-order valence-corrected chi connectivity index (χ3v) is 9.35. The molecule has 0 aliphatic heterocycles. The Morgan fingerprint density at radius 3 is 2.24 bits per heavy atom. The van der Waals surface area contributed by atoms with Crippen LogP contribution in [0, 0.1) is 6.92 Å². The zero-order valence-corrected chi connectivity index (χ0v) is 26.8. The smallest absolute Gasteiger partial charge is 0.264 e. The van der Waals surface area contributed by atoms with E-state index in [1.807, 2.05) is 20.8 Å². The second-order valence-corrected chi connectivity index (χ2v) is 12.7. The van der Waals surface area contributed by atoms with Crippen molar-refractivity contribution in [2.75, 3.05) is 18.0 Å². The van der Waals surface area contributed by atoms with Crippen molar-refractivity contribution in [2.24, 2.45) is 0 Å². The highest BCUT2D eigenvalue weighted by Gasteiger charge is 2.35. The summed E-state index contributed by atoms with van der Waals surface area (Å²) in [7, 11) is -2.80. The van der Waals surface area contributed by atoms with E-state index in [1.165, 1.54) is 24.1 Å². The Bertz CT molecular complexity index is 1500. The molecule has 0 radical (unpaired) electrons. The third kappa shape index (κ3) is 7.96. The van der Waals surface area contributed by atoms with Crippen molar-refractivity contribution in [1.29, 1.82) is 0 Å². The van der Waals surface area contributed by atoms with Crippen LogP contribution in [0.3, 0.4) is 0 Å². The molecule has 11 heteroatoms. The number of carbonyl (C=O) groups excluding carboxylic acids is 2. The number of benzene rings is 3. The van der Waals surface area contributed by atoms with Crippen LogP contribution in [-0.2, 0) is 26.2 Å². The topological polar surface area (TPSA) is 96.0 Å². The highest BCUT2D eigenvalue weighted by atomic mass is 35.5. The molecule has 0 bridgehead atoms. The maximum atomic E-state index is 14.2. The minimum absolute atomic E-state index is 0.0145. The van der Waals surface area contributed by atoms with Crippen LogP contribution in [-0.4, -0.2) is 50.9 Å². The third-order valence-electron chi connectivity index (χ3n) is 6.98. The fourth-order valence-electron chi connectivity index (χ4n) is 4.38. The first-order valence-corrected chi connectivity index (χ1v) is 15.9. The molecule has 3 rings (SSSR count). The molecule has 0 aliphatic carbocycles. The summed E-state index contributed by atoms with van der Waals surface area (Å²) in [4.78, 5) is 29.0. The first-order chi connectivity index (χ1) is 19.9. The summed E-state index contributed by atoms with van der Waals surface area (Å²) in [6.45, 7) is 6.85. The van der Waals surface area contributed by atoms with E-state index >= 15 is 0 Å². The number of nitrogens with zero attached hydrogens (tertiary/aromatic N) is 2. The summed E-state index contributed by atoms with van der Waals surface area (Å²) in [6.07, 6.45) is 0.994. The van der Waals surface area contributed by atoms with Crippen LogP contribution in [0.25, 0.3) is 0 Å². The monoisotopic (exact) mass is 633 g/mol. The number of halogens is 2. The predicted octanol–water partition coefficient (Wildman–Crippen LogP) is 6.23. The van der Waals surface area contributed by atoms with Gasteiger partial charge in [-0.3, -0.25) is 13.9 Å². The molecule has 1 N–H and O–H groups in total. The maximum absolute atomic E-state index is 14.2. The molecule has 0 aliphatic rings. The Balaban J connectivity index is 2.12. The maximum Gasteiger partial charge on any atom is 0.264 e. The second kappa shape index (κ2) is 14.8. The average molecular weight is 635 g/mol.